The first-order valence-corrected chi connectivity index (χ1v) is 7.90. The molecular formula is C12H10F3NO2S2. The summed E-state index contributed by atoms with van der Waals surface area (Å²) in [5, 5.41) is 3.54. The highest BCUT2D eigenvalue weighted by atomic mass is 32.2. The van der Waals surface area contributed by atoms with E-state index in [0.717, 1.165) is 23.8 Å². The van der Waals surface area contributed by atoms with E-state index in [-0.39, 0.29) is 6.54 Å². The lowest BCUT2D eigenvalue weighted by Gasteiger charge is -2.10. The Morgan fingerprint density at radius 2 is 1.95 bits per heavy atom. The number of halogens is 3. The maximum atomic E-state index is 12.6. The van der Waals surface area contributed by atoms with E-state index in [2.05, 4.69) is 4.72 Å². The summed E-state index contributed by atoms with van der Waals surface area (Å²) in [6.45, 7) is 0.0437. The largest absolute Gasteiger partial charge is 0.416 e. The molecule has 0 saturated carbocycles. The molecule has 0 bridgehead atoms. The molecule has 0 aliphatic rings. The van der Waals surface area contributed by atoms with Crippen LogP contribution in [0.4, 0.5) is 13.2 Å². The summed E-state index contributed by atoms with van der Waals surface area (Å²) < 4.78 is 63.8. The standard InChI is InChI=1S/C12H10F3NO2S2/c13-12(14,15)10-2-1-3-11(6-10)20(17,18)16-7-9-4-5-19-8-9/h1-6,8,16H,7H2. The van der Waals surface area contributed by atoms with Gasteiger partial charge in [0.2, 0.25) is 10.0 Å². The van der Waals surface area contributed by atoms with Gasteiger partial charge in [-0.1, -0.05) is 6.07 Å². The van der Waals surface area contributed by atoms with Gasteiger partial charge >= 0.3 is 6.18 Å². The van der Waals surface area contributed by atoms with Crippen molar-refractivity contribution in [3.8, 4) is 0 Å². The van der Waals surface area contributed by atoms with Crippen LogP contribution in [0.2, 0.25) is 0 Å². The highest BCUT2D eigenvalue weighted by Gasteiger charge is 2.31. The first kappa shape index (κ1) is 15.0. The van der Waals surface area contributed by atoms with E-state index in [4.69, 9.17) is 0 Å². The normalized spacial score (nSPS) is 12.6. The molecule has 108 valence electrons. The molecule has 0 aliphatic carbocycles. The molecule has 1 aromatic carbocycles. The highest BCUT2D eigenvalue weighted by molar-refractivity contribution is 7.89. The van der Waals surface area contributed by atoms with E-state index in [1.807, 2.05) is 0 Å². The van der Waals surface area contributed by atoms with Gasteiger partial charge in [0.05, 0.1) is 10.5 Å². The van der Waals surface area contributed by atoms with Crippen LogP contribution in [0, 0.1) is 0 Å². The molecule has 0 saturated heterocycles. The molecule has 20 heavy (non-hydrogen) atoms. The number of hydrogen-bond donors (Lipinski definition) is 1. The monoisotopic (exact) mass is 321 g/mol. The van der Waals surface area contributed by atoms with Crippen molar-refractivity contribution in [2.75, 3.05) is 0 Å². The Morgan fingerprint density at radius 1 is 1.20 bits per heavy atom. The number of thiophene rings is 1. The third kappa shape index (κ3) is 3.59. The van der Waals surface area contributed by atoms with Crippen LogP contribution in [-0.4, -0.2) is 8.42 Å². The van der Waals surface area contributed by atoms with Crippen LogP contribution in [0.1, 0.15) is 11.1 Å². The number of nitrogens with one attached hydrogen (secondary N) is 1. The zero-order valence-corrected chi connectivity index (χ0v) is 11.6. The maximum absolute atomic E-state index is 12.6. The van der Waals surface area contributed by atoms with Gasteiger partial charge in [0, 0.05) is 6.54 Å². The molecular weight excluding hydrogens is 311 g/mol. The summed E-state index contributed by atoms with van der Waals surface area (Å²) in [5.41, 5.74) is -0.235. The average Bonchev–Trinajstić information content (AvgIpc) is 2.89. The van der Waals surface area contributed by atoms with Crippen molar-refractivity contribution in [3.05, 3.63) is 52.2 Å². The molecule has 0 spiro atoms. The Kier molecular flexibility index (Phi) is 4.17. The van der Waals surface area contributed by atoms with E-state index >= 15 is 0 Å². The van der Waals surface area contributed by atoms with Crippen LogP contribution in [0.3, 0.4) is 0 Å². The molecule has 2 rings (SSSR count). The van der Waals surface area contributed by atoms with Crippen LogP contribution in [0.15, 0.2) is 46.0 Å². The minimum absolute atomic E-state index is 0.0437. The zero-order chi connectivity index (χ0) is 14.8. The summed E-state index contributed by atoms with van der Waals surface area (Å²) in [6.07, 6.45) is -4.57. The SMILES string of the molecule is O=S(=O)(NCc1ccsc1)c1cccc(C(F)(F)F)c1. The van der Waals surface area contributed by atoms with E-state index < -0.39 is 26.7 Å². The van der Waals surface area contributed by atoms with Crippen molar-refractivity contribution in [1.82, 2.24) is 4.72 Å². The number of rotatable bonds is 4. The lowest BCUT2D eigenvalue weighted by atomic mass is 10.2. The third-order valence-corrected chi connectivity index (χ3v) is 4.65. The topological polar surface area (TPSA) is 46.2 Å². The molecule has 1 aromatic heterocycles. The van der Waals surface area contributed by atoms with Crippen molar-refractivity contribution < 1.29 is 21.6 Å². The van der Waals surface area contributed by atoms with Gasteiger partial charge in [0.1, 0.15) is 0 Å². The van der Waals surface area contributed by atoms with Crippen molar-refractivity contribution in [2.24, 2.45) is 0 Å². The second-order valence-corrected chi connectivity index (χ2v) is 6.53. The van der Waals surface area contributed by atoms with Gasteiger partial charge in [0.25, 0.3) is 0 Å². The Hall–Kier alpha value is -1.38. The summed E-state index contributed by atoms with van der Waals surface area (Å²) in [5.74, 6) is 0. The van der Waals surface area contributed by atoms with Crippen LogP contribution in [-0.2, 0) is 22.7 Å². The second kappa shape index (κ2) is 5.55. The number of sulfonamides is 1. The van der Waals surface area contributed by atoms with Gasteiger partial charge < -0.3 is 0 Å². The van der Waals surface area contributed by atoms with Crippen LogP contribution in [0.5, 0.6) is 0 Å². The van der Waals surface area contributed by atoms with Crippen molar-refractivity contribution in [2.45, 2.75) is 17.6 Å². The summed E-state index contributed by atoms with van der Waals surface area (Å²) in [7, 11) is -3.96. The Bertz CT molecular complexity index is 679. The predicted molar refractivity (Wildman–Crippen MR) is 69.8 cm³/mol. The molecule has 0 amide bonds. The molecule has 0 unspecified atom stereocenters. The van der Waals surface area contributed by atoms with Crippen LogP contribution < -0.4 is 4.72 Å². The molecule has 1 N–H and O–H groups in total. The third-order valence-electron chi connectivity index (χ3n) is 2.52. The fraction of sp³-hybridized carbons (Fsp3) is 0.167. The average molecular weight is 321 g/mol. The molecule has 0 aliphatic heterocycles. The van der Waals surface area contributed by atoms with Gasteiger partial charge in [-0.15, -0.1) is 0 Å². The summed E-state index contributed by atoms with van der Waals surface area (Å²) in [6, 6.07) is 5.39. The highest BCUT2D eigenvalue weighted by Crippen LogP contribution is 2.30. The molecule has 2 aromatic rings. The molecule has 0 radical (unpaired) electrons. The fourth-order valence-electron chi connectivity index (χ4n) is 1.49. The van der Waals surface area contributed by atoms with Crippen molar-refractivity contribution in [3.63, 3.8) is 0 Å². The minimum atomic E-state index is -4.57. The number of benzene rings is 1. The Morgan fingerprint density at radius 3 is 2.55 bits per heavy atom. The molecule has 3 nitrogen and oxygen atoms in total. The van der Waals surface area contributed by atoms with Crippen LogP contribution >= 0.6 is 11.3 Å². The van der Waals surface area contributed by atoms with Crippen molar-refractivity contribution >= 4 is 21.4 Å². The predicted octanol–water partition coefficient (Wildman–Crippen LogP) is 3.25. The zero-order valence-electron chi connectivity index (χ0n) is 10.0. The second-order valence-electron chi connectivity index (χ2n) is 3.98. The lowest BCUT2D eigenvalue weighted by molar-refractivity contribution is -0.137. The molecule has 1 heterocycles. The first-order valence-electron chi connectivity index (χ1n) is 5.47. The smallest absolute Gasteiger partial charge is 0.207 e. The van der Waals surface area contributed by atoms with E-state index in [1.165, 1.54) is 11.3 Å². The van der Waals surface area contributed by atoms with E-state index in [0.29, 0.717) is 6.07 Å². The maximum Gasteiger partial charge on any atom is 0.416 e. The Balaban J connectivity index is 2.21. The van der Waals surface area contributed by atoms with Crippen LogP contribution in [0.25, 0.3) is 0 Å². The van der Waals surface area contributed by atoms with Gasteiger partial charge in [0.15, 0.2) is 0 Å². The van der Waals surface area contributed by atoms with Gasteiger partial charge in [-0.2, -0.15) is 24.5 Å². The first-order chi connectivity index (χ1) is 9.29. The molecule has 0 fully saturated rings. The van der Waals surface area contributed by atoms with Crippen molar-refractivity contribution in [1.29, 1.82) is 0 Å². The lowest BCUT2D eigenvalue weighted by Crippen LogP contribution is -2.23. The fourth-order valence-corrected chi connectivity index (χ4v) is 3.23. The van der Waals surface area contributed by atoms with E-state index in [1.54, 1.807) is 16.8 Å². The summed E-state index contributed by atoms with van der Waals surface area (Å²) >= 11 is 1.41. The molecule has 8 heteroatoms. The summed E-state index contributed by atoms with van der Waals surface area (Å²) in [4.78, 5) is -0.400. The number of alkyl halides is 3. The molecule has 0 atom stereocenters. The van der Waals surface area contributed by atoms with Gasteiger partial charge in [-0.3, -0.25) is 0 Å². The minimum Gasteiger partial charge on any atom is -0.207 e. The van der Waals surface area contributed by atoms with Gasteiger partial charge in [-0.25, -0.2) is 13.1 Å². The van der Waals surface area contributed by atoms with Gasteiger partial charge in [-0.05, 0) is 40.6 Å². The number of hydrogen-bond acceptors (Lipinski definition) is 3. The quantitative estimate of drug-likeness (QED) is 0.939. The Labute approximate surface area is 118 Å². The van der Waals surface area contributed by atoms with E-state index in [9.17, 15) is 21.6 Å².